The first-order valence-corrected chi connectivity index (χ1v) is 12.4. The quantitative estimate of drug-likeness (QED) is 0.467. The zero-order valence-corrected chi connectivity index (χ0v) is 20.3. The van der Waals surface area contributed by atoms with E-state index in [1.54, 1.807) is 12.4 Å². The molecule has 2 aliphatic rings. The number of hydrogen-bond donors (Lipinski definition) is 3. The van der Waals surface area contributed by atoms with Crippen molar-refractivity contribution in [3.8, 4) is 0 Å². The summed E-state index contributed by atoms with van der Waals surface area (Å²) in [6.45, 7) is 4.46. The number of aliphatic hydroxyl groups excluding tert-OH is 1. The molecule has 36 heavy (non-hydrogen) atoms. The predicted octanol–water partition coefficient (Wildman–Crippen LogP) is 2.38. The second-order valence-electron chi connectivity index (χ2n) is 10.0. The molecule has 4 heterocycles. The number of rotatable bonds is 6. The van der Waals surface area contributed by atoms with Crippen LogP contribution in [0.25, 0.3) is 5.78 Å². The molecule has 2 fully saturated rings. The molecule has 1 aliphatic carbocycles. The second kappa shape index (κ2) is 9.77. The van der Waals surface area contributed by atoms with Crippen molar-refractivity contribution in [3.05, 3.63) is 35.9 Å². The minimum atomic E-state index is -2.70. The molecule has 1 saturated heterocycles. The molecule has 194 valence electrons. The number of piperidine rings is 1. The van der Waals surface area contributed by atoms with Gasteiger partial charge in [0.1, 0.15) is 6.33 Å². The molecule has 3 aromatic heterocycles. The molecule has 13 heteroatoms. The summed E-state index contributed by atoms with van der Waals surface area (Å²) in [4.78, 5) is 26.6. The number of imidazole rings is 1. The van der Waals surface area contributed by atoms with E-state index >= 15 is 0 Å². The monoisotopic (exact) mass is 503 g/mol. The van der Waals surface area contributed by atoms with Gasteiger partial charge in [-0.25, -0.2) is 32.9 Å². The van der Waals surface area contributed by atoms with Gasteiger partial charge in [-0.05, 0) is 52.0 Å². The number of aromatic nitrogens is 7. The van der Waals surface area contributed by atoms with Gasteiger partial charge in [-0.15, -0.1) is 0 Å². The van der Waals surface area contributed by atoms with Gasteiger partial charge in [-0.2, -0.15) is 10.2 Å². The van der Waals surface area contributed by atoms with Crippen LogP contribution in [0.4, 0.5) is 8.78 Å². The number of fused-ring (bicyclic) bond motifs is 1. The average molecular weight is 504 g/mol. The van der Waals surface area contributed by atoms with Crippen LogP contribution in [-0.4, -0.2) is 63.9 Å². The van der Waals surface area contributed by atoms with Gasteiger partial charge in [0.05, 0.1) is 42.0 Å². The van der Waals surface area contributed by atoms with Crippen LogP contribution >= 0.6 is 0 Å². The Morgan fingerprint density at radius 3 is 2.72 bits per heavy atom. The number of alkyl halides is 2. The lowest BCUT2D eigenvalue weighted by Crippen LogP contribution is -2.38. The third kappa shape index (κ3) is 5.07. The first kappa shape index (κ1) is 24.6. The summed E-state index contributed by atoms with van der Waals surface area (Å²) in [5, 5.41) is 24.9. The Balaban J connectivity index is 1.44. The van der Waals surface area contributed by atoms with E-state index in [0.29, 0.717) is 36.6 Å². The zero-order valence-electron chi connectivity index (χ0n) is 20.3. The number of carbonyl (C=O) groups is 1. The molecule has 1 aliphatic heterocycles. The largest absolute Gasteiger partial charge is 0.393 e. The van der Waals surface area contributed by atoms with E-state index in [4.69, 9.17) is 0 Å². The highest BCUT2D eigenvalue weighted by atomic mass is 19.3. The standard InChI is InChI=1S/C23H31F2N9O2/c1-13(2)34-20(27-12-29-34)21(36)32-19(14-3-6-23(24,25)7-4-14)18-11-33-22(31-18)30-17(10-28-33)16-9-15(35)5-8-26-16/h10-16,19,26,35H,3-9H2,1-2H3,(H,32,36)/t15-,16+,19-/m0/s1. The number of amides is 1. The summed E-state index contributed by atoms with van der Waals surface area (Å²) in [5.74, 6) is -2.88. The molecule has 3 N–H and O–H groups in total. The van der Waals surface area contributed by atoms with Crippen LogP contribution in [0.2, 0.25) is 0 Å². The summed E-state index contributed by atoms with van der Waals surface area (Å²) in [5.41, 5.74) is 1.17. The number of aliphatic hydroxyl groups is 1. The van der Waals surface area contributed by atoms with Crippen LogP contribution in [0.1, 0.15) is 92.5 Å². The predicted molar refractivity (Wildman–Crippen MR) is 124 cm³/mol. The van der Waals surface area contributed by atoms with Gasteiger partial charge in [0, 0.05) is 18.9 Å². The van der Waals surface area contributed by atoms with Crippen LogP contribution in [0.15, 0.2) is 18.7 Å². The van der Waals surface area contributed by atoms with Crippen molar-refractivity contribution in [1.82, 2.24) is 45.0 Å². The number of hydrogen-bond acceptors (Lipinski definition) is 8. The van der Waals surface area contributed by atoms with Crippen molar-refractivity contribution in [1.29, 1.82) is 0 Å². The fraction of sp³-hybridized carbons (Fsp3) is 0.652. The zero-order chi connectivity index (χ0) is 25.4. The third-order valence-electron chi connectivity index (χ3n) is 7.07. The fourth-order valence-corrected chi connectivity index (χ4v) is 5.07. The molecule has 1 saturated carbocycles. The lowest BCUT2D eigenvalue weighted by molar-refractivity contribution is -0.0495. The lowest BCUT2D eigenvalue weighted by atomic mass is 9.81. The van der Waals surface area contributed by atoms with Gasteiger partial charge in [0.2, 0.25) is 11.7 Å². The number of nitrogens with one attached hydrogen (secondary N) is 2. The number of halogens is 2. The Morgan fingerprint density at radius 1 is 1.22 bits per heavy atom. The van der Waals surface area contributed by atoms with Gasteiger partial charge in [-0.3, -0.25) is 4.79 Å². The molecule has 0 unspecified atom stereocenters. The third-order valence-corrected chi connectivity index (χ3v) is 7.07. The lowest BCUT2D eigenvalue weighted by Gasteiger charge is -2.33. The van der Waals surface area contributed by atoms with E-state index in [1.807, 2.05) is 13.8 Å². The van der Waals surface area contributed by atoms with Crippen LogP contribution < -0.4 is 10.6 Å². The van der Waals surface area contributed by atoms with E-state index in [-0.39, 0.29) is 49.5 Å². The SMILES string of the molecule is CC(C)n1ncnc1C(=O)N[C@H](c1cn2ncc([C@H]3C[C@@H](O)CCN3)nc2n1)C1CCC(F)(F)CC1. The smallest absolute Gasteiger partial charge is 0.289 e. The Hall–Kier alpha value is -3.06. The molecule has 3 aromatic rings. The highest BCUT2D eigenvalue weighted by molar-refractivity contribution is 5.90. The topological polar surface area (TPSA) is 135 Å². The van der Waals surface area contributed by atoms with Gasteiger partial charge >= 0.3 is 0 Å². The van der Waals surface area contributed by atoms with Crippen LogP contribution in [-0.2, 0) is 0 Å². The van der Waals surface area contributed by atoms with Crippen molar-refractivity contribution in [3.63, 3.8) is 0 Å². The molecule has 0 radical (unpaired) electrons. The maximum atomic E-state index is 13.9. The molecule has 3 atom stereocenters. The average Bonchev–Trinajstić information content (AvgIpc) is 3.50. The van der Waals surface area contributed by atoms with Crippen molar-refractivity contribution in [2.75, 3.05) is 6.54 Å². The number of carbonyl (C=O) groups excluding carboxylic acids is 1. The summed E-state index contributed by atoms with van der Waals surface area (Å²) in [6.07, 6.45) is 5.47. The Bertz CT molecular complexity index is 1220. The first-order valence-electron chi connectivity index (χ1n) is 12.4. The molecule has 0 spiro atoms. The van der Waals surface area contributed by atoms with E-state index in [9.17, 15) is 18.7 Å². The van der Waals surface area contributed by atoms with Crippen LogP contribution in [0, 0.1) is 5.92 Å². The van der Waals surface area contributed by atoms with Crippen molar-refractivity contribution in [2.45, 2.75) is 82.5 Å². The highest BCUT2D eigenvalue weighted by Gasteiger charge is 2.40. The van der Waals surface area contributed by atoms with Crippen molar-refractivity contribution >= 4 is 11.7 Å². The summed E-state index contributed by atoms with van der Waals surface area (Å²) >= 11 is 0. The summed E-state index contributed by atoms with van der Waals surface area (Å²) in [7, 11) is 0. The molecule has 0 bridgehead atoms. The van der Waals surface area contributed by atoms with Gasteiger partial charge in [0.25, 0.3) is 11.7 Å². The molecule has 0 aromatic carbocycles. The maximum absolute atomic E-state index is 13.9. The molecule has 5 rings (SSSR count). The van der Waals surface area contributed by atoms with Crippen molar-refractivity contribution < 1.29 is 18.7 Å². The van der Waals surface area contributed by atoms with Gasteiger partial charge < -0.3 is 15.7 Å². The van der Waals surface area contributed by atoms with Gasteiger partial charge in [-0.1, -0.05) is 0 Å². The fourth-order valence-electron chi connectivity index (χ4n) is 5.07. The summed E-state index contributed by atoms with van der Waals surface area (Å²) < 4.78 is 30.9. The van der Waals surface area contributed by atoms with Gasteiger partial charge in [0.15, 0.2) is 0 Å². The molecule has 1 amide bonds. The second-order valence-corrected chi connectivity index (χ2v) is 10.0. The van der Waals surface area contributed by atoms with E-state index < -0.39 is 24.0 Å². The van der Waals surface area contributed by atoms with Crippen molar-refractivity contribution in [2.24, 2.45) is 5.92 Å². The van der Waals surface area contributed by atoms with Crippen LogP contribution in [0.3, 0.4) is 0 Å². The Morgan fingerprint density at radius 2 is 2.00 bits per heavy atom. The minimum absolute atomic E-state index is 0.0750. The molecular formula is C23H31F2N9O2. The van der Waals surface area contributed by atoms with E-state index in [0.717, 1.165) is 0 Å². The normalized spacial score (nSPS) is 23.7. The molecule has 11 nitrogen and oxygen atoms in total. The Labute approximate surface area is 206 Å². The van der Waals surface area contributed by atoms with E-state index in [2.05, 4.69) is 35.8 Å². The van der Waals surface area contributed by atoms with E-state index in [1.165, 1.54) is 15.5 Å². The molecular weight excluding hydrogens is 472 g/mol. The highest BCUT2D eigenvalue weighted by Crippen LogP contribution is 2.41. The maximum Gasteiger partial charge on any atom is 0.289 e. The Kier molecular flexibility index (Phi) is 6.68. The summed E-state index contributed by atoms with van der Waals surface area (Å²) in [6, 6.07) is -0.827. The van der Waals surface area contributed by atoms with Crippen LogP contribution in [0.5, 0.6) is 0 Å². The minimum Gasteiger partial charge on any atom is -0.393 e. The number of nitrogens with zero attached hydrogens (tertiary/aromatic N) is 7. The first-order chi connectivity index (χ1) is 17.2.